The Morgan fingerprint density at radius 2 is 1.31 bits per heavy atom. The molecule has 0 radical (unpaired) electrons. The predicted molar refractivity (Wildman–Crippen MR) is 266 cm³/mol. The molecule has 3 rings (SSSR count). The second-order valence-electron chi connectivity index (χ2n) is 19.7. The van der Waals surface area contributed by atoms with E-state index in [-0.39, 0.29) is 38.1 Å². The van der Waals surface area contributed by atoms with Crippen LogP contribution in [0.4, 0.5) is 0 Å². The summed E-state index contributed by atoms with van der Waals surface area (Å²) in [6.07, 6.45) is 5.56. The molecule has 0 aromatic carbocycles. The van der Waals surface area contributed by atoms with Gasteiger partial charge in [-0.2, -0.15) is 0 Å². The zero-order chi connectivity index (χ0) is 52.8. The molecule has 1 amide bonds. The summed E-state index contributed by atoms with van der Waals surface area (Å²) in [7, 11) is 3.78. The molecule has 3 aliphatic heterocycles. The minimum absolute atomic E-state index is 0.0912. The molecule has 71 heavy (non-hydrogen) atoms. The molecule has 0 saturated carbocycles. The van der Waals surface area contributed by atoms with Gasteiger partial charge in [-0.1, -0.05) is 98.9 Å². The number of carbonyl (C=O) groups excluding carboxylic acids is 2. The first kappa shape index (κ1) is 61.8. The van der Waals surface area contributed by atoms with Crippen LogP contribution in [0, 0.1) is 17.8 Å². The normalized spacial score (nSPS) is 39.5. The fourth-order valence-electron chi connectivity index (χ4n) is 8.71. The quantitative estimate of drug-likeness (QED) is 0.123. The number of nitrogens with one attached hydrogen (secondary N) is 1. The van der Waals surface area contributed by atoms with Crippen LogP contribution in [0.2, 0.25) is 0 Å². The average Bonchev–Trinajstić information content (AvgIpc) is 3.28. The number of allylic oxidation sites excluding steroid dienone is 12. The summed E-state index contributed by atoms with van der Waals surface area (Å²) in [4.78, 5) is 28.5. The molecule has 0 aromatic heterocycles. The number of ether oxygens (including phenoxy) is 4. The Kier molecular flexibility index (Phi) is 27.3. The molecule has 0 spiro atoms. The summed E-state index contributed by atoms with van der Waals surface area (Å²) >= 11 is 0. The van der Waals surface area contributed by atoms with Gasteiger partial charge in [0.15, 0.2) is 12.1 Å². The van der Waals surface area contributed by atoms with Crippen LogP contribution in [-0.4, -0.2) is 192 Å². The van der Waals surface area contributed by atoms with E-state index in [1.54, 1.807) is 63.3 Å². The van der Waals surface area contributed by atoms with Crippen molar-refractivity contribution >= 4 is 11.9 Å². The van der Waals surface area contributed by atoms with Gasteiger partial charge in [-0.3, -0.25) is 9.59 Å². The molecule has 2 fully saturated rings. The molecule has 404 valence electrons. The SMILES string of the molecule is C[C@@H]1[C@H](O)[C@@H](C)C=CC=CC=CC=CC=CC=CC=C[C@H](O[C@@H]2O[C@H](C)[C@@H](O)[C@H](N)[C@@H]2O)C[C@@H]2O[C@](O)(C[C@@H](O)C[C@@H](O)[C@H](O)CC[C@@H](O)C[C@@H](O)CC(=O)O[C@H]1C)C[C@H](O)[C@H]2C(=O)NCCCN(C)C. The maximum atomic E-state index is 13.8. The van der Waals surface area contributed by atoms with Crippen molar-refractivity contribution in [3.05, 3.63) is 85.1 Å². The fraction of sp³-hybridized carbons (Fsp3) is 0.692. The van der Waals surface area contributed by atoms with Gasteiger partial charge < -0.3 is 86.0 Å². The summed E-state index contributed by atoms with van der Waals surface area (Å²) in [5.74, 6) is -5.52. The molecule has 2 saturated heterocycles. The first-order valence-corrected chi connectivity index (χ1v) is 24.9. The Morgan fingerprint density at radius 1 is 0.718 bits per heavy atom. The zero-order valence-corrected chi connectivity index (χ0v) is 42.2. The smallest absolute Gasteiger partial charge is 0.308 e. The van der Waals surface area contributed by atoms with Gasteiger partial charge in [-0.15, -0.1) is 0 Å². The number of fused-ring (bicyclic) bond motifs is 2. The number of aliphatic hydroxyl groups excluding tert-OH is 9. The van der Waals surface area contributed by atoms with E-state index in [9.17, 15) is 60.7 Å². The van der Waals surface area contributed by atoms with Crippen LogP contribution in [0.3, 0.4) is 0 Å². The number of amides is 1. The van der Waals surface area contributed by atoms with E-state index in [1.807, 2.05) is 68.5 Å². The molecular formula is C52H85N3O16. The topological polar surface area (TPSA) is 315 Å². The second kappa shape index (κ2) is 31.3. The number of nitrogens with two attached hydrogens (primary N) is 1. The van der Waals surface area contributed by atoms with Crippen LogP contribution in [0.1, 0.15) is 85.5 Å². The summed E-state index contributed by atoms with van der Waals surface area (Å²) in [6.45, 7) is 7.75. The molecule has 0 aliphatic carbocycles. The number of carbonyl (C=O) groups is 2. The van der Waals surface area contributed by atoms with Crippen LogP contribution < -0.4 is 11.1 Å². The van der Waals surface area contributed by atoms with Crippen molar-refractivity contribution in [2.75, 3.05) is 27.2 Å². The lowest BCUT2D eigenvalue weighted by molar-refractivity contribution is -0.307. The number of cyclic esters (lactones) is 1. The van der Waals surface area contributed by atoms with Crippen molar-refractivity contribution in [3.63, 3.8) is 0 Å². The highest BCUT2D eigenvalue weighted by Crippen LogP contribution is 2.38. The largest absolute Gasteiger partial charge is 0.462 e. The van der Waals surface area contributed by atoms with Gasteiger partial charge in [0.1, 0.15) is 12.2 Å². The van der Waals surface area contributed by atoms with Gasteiger partial charge in [0.2, 0.25) is 5.91 Å². The maximum absolute atomic E-state index is 13.8. The van der Waals surface area contributed by atoms with Crippen LogP contribution in [-0.2, 0) is 28.5 Å². The van der Waals surface area contributed by atoms with Gasteiger partial charge in [-0.25, -0.2) is 0 Å². The molecule has 19 heteroatoms. The van der Waals surface area contributed by atoms with E-state index in [2.05, 4.69) is 5.32 Å². The third-order valence-electron chi connectivity index (χ3n) is 13.1. The third kappa shape index (κ3) is 21.9. The minimum Gasteiger partial charge on any atom is -0.462 e. The minimum atomic E-state index is -2.26. The molecular weight excluding hydrogens is 923 g/mol. The van der Waals surface area contributed by atoms with Gasteiger partial charge >= 0.3 is 5.97 Å². The molecule has 13 N–H and O–H groups in total. The first-order chi connectivity index (χ1) is 33.5. The average molecular weight is 1010 g/mol. The Balaban J connectivity index is 1.93. The van der Waals surface area contributed by atoms with Crippen molar-refractivity contribution in [1.82, 2.24) is 10.2 Å². The standard InChI is InChI=1S/C52H85N3O16/c1-32-20-17-15-13-11-9-7-8-10-12-14-16-18-21-39(70-51-49(65)46(53)48(64)35(4)69-51)29-43-45(50(66)54-24-19-25-55(5)6)42(61)31-52(67,71-43)30-38(58)27-41(60)40(59)23-22-36(56)26-37(57)28-44(62)68-34(3)33(2)47(32)63/h7-18,20-21,32-43,45-49,51,56-61,63-65,67H,19,22-31,53H2,1-6H3,(H,54,66)/t32-,33-,34-,35+,36+,37+,38-,39-,40+,41+,42-,43-,45+,46-,47+,48+,49-,51-,52+/m0/s1. The third-order valence-corrected chi connectivity index (χ3v) is 13.1. The van der Waals surface area contributed by atoms with Crippen molar-refractivity contribution < 1.29 is 79.6 Å². The highest BCUT2D eigenvalue weighted by Gasteiger charge is 2.51. The van der Waals surface area contributed by atoms with Gasteiger partial charge in [0.05, 0.1) is 85.5 Å². The number of hydrogen-bond donors (Lipinski definition) is 12. The Bertz CT molecular complexity index is 1790. The molecule has 3 aliphatic rings. The van der Waals surface area contributed by atoms with E-state index in [4.69, 9.17) is 24.7 Å². The second-order valence-corrected chi connectivity index (χ2v) is 19.7. The summed E-state index contributed by atoms with van der Waals surface area (Å²) in [5.41, 5.74) is 6.12. The molecule has 19 atom stereocenters. The van der Waals surface area contributed by atoms with Crippen LogP contribution >= 0.6 is 0 Å². The lowest BCUT2D eigenvalue weighted by Gasteiger charge is -2.46. The van der Waals surface area contributed by atoms with Crippen molar-refractivity contribution in [2.24, 2.45) is 23.5 Å². The Morgan fingerprint density at radius 3 is 1.92 bits per heavy atom. The summed E-state index contributed by atoms with van der Waals surface area (Å²) in [5, 5.41) is 113. The number of rotatable bonds is 7. The van der Waals surface area contributed by atoms with E-state index >= 15 is 0 Å². The van der Waals surface area contributed by atoms with E-state index in [0.717, 1.165) is 0 Å². The first-order valence-electron chi connectivity index (χ1n) is 24.9. The highest BCUT2D eigenvalue weighted by atomic mass is 16.7. The Hall–Kier alpha value is -3.48. The van der Waals surface area contributed by atoms with Crippen molar-refractivity contribution in [3.8, 4) is 0 Å². The van der Waals surface area contributed by atoms with Crippen molar-refractivity contribution in [2.45, 2.75) is 183 Å². The van der Waals surface area contributed by atoms with E-state index in [1.165, 1.54) is 0 Å². The predicted octanol–water partition coefficient (Wildman–Crippen LogP) is 0.695. The van der Waals surface area contributed by atoms with E-state index < -0.39 is 147 Å². The van der Waals surface area contributed by atoms with Crippen LogP contribution in [0.25, 0.3) is 0 Å². The lowest BCUT2D eigenvalue weighted by Crippen LogP contribution is -2.62. The summed E-state index contributed by atoms with van der Waals surface area (Å²) in [6, 6.07) is -1.13. The maximum Gasteiger partial charge on any atom is 0.308 e. The molecule has 2 bridgehead atoms. The number of aliphatic hydroxyl groups is 10. The number of hydrogen-bond acceptors (Lipinski definition) is 18. The highest BCUT2D eigenvalue weighted by molar-refractivity contribution is 5.80. The van der Waals surface area contributed by atoms with Crippen LogP contribution in [0.5, 0.6) is 0 Å². The number of esters is 1. The zero-order valence-electron chi connectivity index (χ0n) is 42.2. The molecule has 3 heterocycles. The van der Waals surface area contributed by atoms with Gasteiger partial charge in [-0.05, 0) is 60.2 Å². The van der Waals surface area contributed by atoms with Crippen LogP contribution in [0.15, 0.2) is 85.1 Å². The van der Waals surface area contributed by atoms with Gasteiger partial charge in [0, 0.05) is 44.1 Å². The van der Waals surface area contributed by atoms with E-state index in [0.29, 0.717) is 13.0 Å². The Labute approximate surface area is 419 Å². The number of nitrogens with zero attached hydrogens (tertiary/aromatic N) is 1. The molecule has 19 nitrogen and oxygen atoms in total. The van der Waals surface area contributed by atoms with Crippen molar-refractivity contribution in [1.29, 1.82) is 0 Å². The molecule has 0 aromatic rings. The van der Waals surface area contributed by atoms with Gasteiger partial charge in [0.25, 0.3) is 0 Å². The lowest BCUT2D eigenvalue weighted by atomic mass is 9.82. The fourth-order valence-corrected chi connectivity index (χ4v) is 8.71. The summed E-state index contributed by atoms with van der Waals surface area (Å²) < 4.78 is 23.8. The monoisotopic (exact) mass is 1010 g/mol. The molecule has 0 unspecified atom stereocenters.